The van der Waals surface area contributed by atoms with E-state index in [0.717, 1.165) is 11.5 Å². The lowest BCUT2D eigenvalue weighted by Crippen LogP contribution is -2.02. The van der Waals surface area contributed by atoms with E-state index in [9.17, 15) is 9.59 Å². The third kappa shape index (κ3) is 2.17. The van der Waals surface area contributed by atoms with Crippen molar-refractivity contribution >= 4 is 23.3 Å². The standard InChI is InChI=1S/C11H10N2O4S/c1-3-6-10(18-13-12-6)9(14)7-4-5-8(17-7)11(15)16-2/h4-5H,3H2,1-2H3. The number of nitrogens with zero attached hydrogens (tertiary/aromatic N) is 2. The number of furan rings is 1. The van der Waals surface area contributed by atoms with E-state index >= 15 is 0 Å². The number of rotatable bonds is 4. The van der Waals surface area contributed by atoms with E-state index in [0.29, 0.717) is 17.0 Å². The minimum absolute atomic E-state index is 0.00336. The lowest BCUT2D eigenvalue weighted by atomic mass is 10.2. The zero-order valence-corrected chi connectivity index (χ0v) is 10.6. The van der Waals surface area contributed by atoms with Crippen molar-refractivity contribution in [3.63, 3.8) is 0 Å². The number of ketones is 1. The van der Waals surface area contributed by atoms with E-state index in [1.807, 2.05) is 6.92 Å². The van der Waals surface area contributed by atoms with E-state index in [-0.39, 0.29) is 17.3 Å². The minimum Gasteiger partial charge on any atom is -0.463 e. The van der Waals surface area contributed by atoms with Gasteiger partial charge < -0.3 is 9.15 Å². The molecule has 0 atom stereocenters. The summed E-state index contributed by atoms with van der Waals surface area (Å²) < 4.78 is 13.4. The first-order valence-electron chi connectivity index (χ1n) is 5.21. The molecule has 0 fully saturated rings. The number of esters is 1. The molecule has 0 aromatic carbocycles. The molecule has 0 spiro atoms. The largest absolute Gasteiger partial charge is 0.463 e. The van der Waals surface area contributed by atoms with Gasteiger partial charge in [0.05, 0.1) is 12.8 Å². The van der Waals surface area contributed by atoms with Crippen LogP contribution in [0.25, 0.3) is 0 Å². The normalized spacial score (nSPS) is 10.3. The summed E-state index contributed by atoms with van der Waals surface area (Å²) >= 11 is 1.01. The van der Waals surface area contributed by atoms with E-state index < -0.39 is 5.97 Å². The van der Waals surface area contributed by atoms with Crippen LogP contribution >= 0.6 is 11.5 Å². The number of aryl methyl sites for hydroxylation is 1. The fraction of sp³-hybridized carbons (Fsp3) is 0.273. The van der Waals surface area contributed by atoms with Gasteiger partial charge in [-0.1, -0.05) is 11.4 Å². The van der Waals surface area contributed by atoms with Gasteiger partial charge in [0.25, 0.3) is 0 Å². The molecule has 7 heteroatoms. The van der Waals surface area contributed by atoms with Crippen LogP contribution in [0.15, 0.2) is 16.5 Å². The van der Waals surface area contributed by atoms with Crippen LogP contribution in [-0.4, -0.2) is 28.4 Å². The summed E-state index contributed by atoms with van der Waals surface area (Å²) in [6.07, 6.45) is 0.613. The van der Waals surface area contributed by atoms with E-state index in [1.54, 1.807) is 0 Å². The van der Waals surface area contributed by atoms with Gasteiger partial charge >= 0.3 is 5.97 Å². The zero-order chi connectivity index (χ0) is 13.1. The van der Waals surface area contributed by atoms with Crippen LogP contribution in [0.3, 0.4) is 0 Å². The van der Waals surface area contributed by atoms with Crippen LogP contribution in [-0.2, 0) is 11.2 Å². The van der Waals surface area contributed by atoms with Crippen molar-refractivity contribution in [1.29, 1.82) is 0 Å². The average molecular weight is 266 g/mol. The maximum atomic E-state index is 12.1. The topological polar surface area (TPSA) is 82.3 Å². The lowest BCUT2D eigenvalue weighted by Gasteiger charge is -1.95. The first-order valence-corrected chi connectivity index (χ1v) is 5.98. The molecule has 0 saturated heterocycles. The average Bonchev–Trinajstić information content (AvgIpc) is 3.05. The monoisotopic (exact) mass is 266 g/mol. The molecule has 0 radical (unpaired) electrons. The number of carbonyl (C=O) groups excluding carboxylic acids is 2. The van der Waals surface area contributed by atoms with Crippen LogP contribution in [0.1, 0.15) is 38.6 Å². The van der Waals surface area contributed by atoms with E-state index in [2.05, 4.69) is 14.3 Å². The SMILES string of the molecule is CCc1nnsc1C(=O)c1ccc(C(=O)OC)o1. The molecule has 0 aliphatic heterocycles. The van der Waals surface area contributed by atoms with Gasteiger partial charge in [0.2, 0.25) is 11.5 Å². The Morgan fingerprint density at radius 3 is 2.78 bits per heavy atom. The number of ether oxygens (including phenoxy) is 1. The molecule has 0 aliphatic carbocycles. The molecule has 0 amide bonds. The number of hydrogen-bond acceptors (Lipinski definition) is 7. The van der Waals surface area contributed by atoms with Crippen molar-refractivity contribution in [2.45, 2.75) is 13.3 Å². The first kappa shape index (κ1) is 12.4. The third-order valence-electron chi connectivity index (χ3n) is 2.31. The predicted octanol–water partition coefficient (Wildman–Crippen LogP) is 1.71. The van der Waals surface area contributed by atoms with Crippen LogP contribution in [0.2, 0.25) is 0 Å². The fourth-order valence-corrected chi connectivity index (χ4v) is 2.09. The summed E-state index contributed by atoms with van der Waals surface area (Å²) in [6, 6.07) is 2.84. The number of hydrogen-bond donors (Lipinski definition) is 0. The summed E-state index contributed by atoms with van der Waals surface area (Å²) in [6.45, 7) is 1.88. The van der Waals surface area contributed by atoms with Crippen molar-refractivity contribution in [3.05, 3.63) is 34.2 Å². The highest BCUT2D eigenvalue weighted by Gasteiger charge is 2.21. The van der Waals surface area contributed by atoms with Crippen molar-refractivity contribution < 1.29 is 18.7 Å². The molecule has 2 aromatic heterocycles. The molecule has 0 saturated carbocycles. The zero-order valence-electron chi connectivity index (χ0n) is 9.80. The smallest absolute Gasteiger partial charge is 0.373 e. The van der Waals surface area contributed by atoms with E-state index in [4.69, 9.17) is 4.42 Å². The molecule has 6 nitrogen and oxygen atoms in total. The second-order valence-corrected chi connectivity index (χ2v) is 4.14. The Morgan fingerprint density at radius 1 is 1.39 bits per heavy atom. The number of carbonyl (C=O) groups is 2. The Hall–Kier alpha value is -2.02. The molecule has 0 N–H and O–H groups in total. The summed E-state index contributed by atoms with van der Waals surface area (Å²) in [5.74, 6) is -0.864. The van der Waals surface area contributed by atoms with Crippen molar-refractivity contribution in [3.8, 4) is 0 Å². The van der Waals surface area contributed by atoms with Crippen molar-refractivity contribution in [2.24, 2.45) is 0 Å². The molecule has 0 bridgehead atoms. The predicted molar refractivity (Wildman–Crippen MR) is 62.8 cm³/mol. The Labute approximate surface area is 107 Å². The summed E-state index contributed by atoms with van der Waals surface area (Å²) in [5, 5.41) is 3.85. The van der Waals surface area contributed by atoms with Gasteiger partial charge in [0.15, 0.2) is 5.76 Å². The van der Waals surface area contributed by atoms with Crippen molar-refractivity contribution in [1.82, 2.24) is 9.59 Å². The van der Waals surface area contributed by atoms with Crippen molar-refractivity contribution in [2.75, 3.05) is 7.11 Å². The molecule has 18 heavy (non-hydrogen) atoms. The van der Waals surface area contributed by atoms with Gasteiger partial charge in [0, 0.05) is 0 Å². The molecular weight excluding hydrogens is 256 g/mol. The Balaban J connectivity index is 2.29. The summed E-state index contributed by atoms with van der Waals surface area (Å²) in [5.41, 5.74) is 0.626. The van der Waals surface area contributed by atoms with Gasteiger partial charge in [-0.25, -0.2) is 4.79 Å². The highest BCUT2D eigenvalue weighted by atomic mass is 32.1. The first-order chi connectivity index (χ1) is 8.67. The molecule has 94 valence electrons. The summed E-state index contributed by atoms with van der Waals surface area (Å²) in [7, 11) is 1.24. The highest BCUT2D eigenvalue weighted by Crippen LogP contribution is 2.19. The Morgan fingerprint density at radius 2 is 2.11 bits per heavy atom. The van der Waals surface area contributed by atoms with Crippen LogP contribution in [0.5, 0.6) is 0 Å². The summed E-state index contributed by atoms with van der Waals surface area (Å²) in [4.78, 5) is 23.7. The highest BCUT2D eigenvalue weighted by molar-refractivity contribution is 7.08. The van der Waals surface area contributed by atoms with Crippen LogP contribution in [0.4, 0.5) is 0 Å². The maximum absolute atomic E-state index is 12.1. The minimum atomic E-state index is -0.618. The van der Waals surface area contributed by atoms with Gasteiger partial charge in [-0.3, -0.25) is 4.79 Å². The van der Waals surface area contributed by atoms with Crippen LogP contribution in [0, 0.1) is 0 Å². The second-order valence-electron chi connectivity index (χ2n) is 3.39. The second kappa shape index (κ2) is 5.09. The quantitative estimate of drug-likeness (QED) is 0.619. The Bertz CT molecular complexity index is 587. The van der Waals surface area contributed by atoms with Crippen LogP contribution < -0.4 is 0 Å². The van der Waals surface area contributed by atoms with Gasteiger partial charge in [-0.05, 0) is 30.1 Å². The number of aromatic nitrogens is 2. The maximum Gasteiger partial charge on any atom is 0.373 e. The fourth-order valence-electron chi connectivity index (χ4n) is 1.39. The molecule has 2 rings (SSSR count). The molecule has 2 heterocycles. The molecule has 0 aliphatic rings. The number of methoxy groups -OCH3 is 1. The molecule has 2 aromatic rings. The Kier molecular flexibility index (Phi) is 3.52. The third-order valence-corrected chi connectivity index (χ3v) is 3.08. The lowest BCUT2D eigenvalue weighted by molar-refractivity contribution is 0.0563. The van der Waals surface area contributed by atoms with Gasteiger partial charge in [-0.15, -0.1) is 5.10 Å². The van der Waals surface area contributed by atoms with Gasteiger partial charge in [-0.2, -0.15) is 0 Å². The van der Waals surface area contributed by atoms with E-state index in [1.165, 1.54) is 19.2 Å². The molecule has 0 unspecified atom stereocenters. The molecular formula is C11H10N2O4S. The van der Waals surface area contributed by atoms with Gasteiger partial charge in [0.1, 0.15) is 4.88 Å².